The van der Waals surface area contributed by atoms with Crippen molar-refractivity contribution in [3.63, 3.8) is 0 Å². The Morgan fingerprint density at radius 2 is 0.971 bits per heavy atom. The number of hydrogen-bond donors (Lipinski definition) is 6. The molecule has 0 spiro atoms. The molecule has 8 N–H and O–H groups in total. The number of aromatic carboxylic acids is 1. The third-order valence-corrected chi connectivity index (χ3v) is 4.89. The molecular formula is C16H22N2O13S3. The molecule has 2 aromatic rings. The standard InChI is InChI=1S/C8H9NO4S.C7H7NO4S.CH4O.H2O4S/c1-13-8(10)6-2-4-7(5-3-6)14(9,11)12;8-13(11,12)6-3-1-5(2-4-6)7(9)10;1-2;1-5(2,3)4/h2-5H,1H3,(H2,9,11,12);1-4H,(H,9,10)(H2,8,11,12);2H,1H3;(H2,1,2,3,4). The fourth-order valence-corrected chi connectivity index (χ4v) is 2.72. The van der Waals surface area contributed by atoms with Crippen molar-refractivity contribution >= 4 is 42.4 Å². The minimum absolute atomic E-state index is 0.0207. The van der Waals surface area contributed by atoms with Crippen molar-refractivity contribution in [3.05, 3.63) is 59.7 Å². The Bertz CT molecular complexity index is 1250. The number of aliphatic hydroxyl groups is 1. The van der Waals surface area contributed by atoms with E-state index in [9.17, 15) is 26.4 Å². The van der Waals surface area contributed by atoms with Crippen LogP contribution in [-0.4, -0.2) is 70.7 Å². The number of hydrogen-bond acceptors (Lipinski definition) is 10. The summed E-state index contributed by atoms with van der Waals surface area (Å²) in [5.41, 5.74) is 0.298. The highest BCUT2D eigenvalue weighted by molar-refractivity contribution is 7.89. The first-order valence-corrected chi connectivity index (χ1v) is 12.6. The fraction of sp³-hybridized carbons (Fsp3) is 0.125. The maximum Gasteiger partial charge on any atom is 0.394 e. The lowest BCUT2D eigenvalue weighted by molar-refractivity contribution is 0.0599. The average molecular weight is 547 g/mol. The molecule has 192 valence electrons. The number of ether oxygens (including phenoxy) is 1. The first-order chi connectivity index (χ1) is 15.4. The molecule has 0 atom stereocenters. The maximum absolute atomic E-state index is 11.0. The number of carboxylic acid groups (broad SMARTS) is 1. The molecule has 2 aromatic carbocycles. The molecule has 2 rings (SSSR count). The molecule has 0 heterocycles. The number of carbonyl (C=O) groups is 2. The number of carbonyl (C=O) groups excluding carboxylic acids is 1. The van der Waals surface area contributed by atoms with E-state index in [1.54, 1.807) is 0 Å². The summed E-state index contributed by atoms with van der Waals surface area (Å²) in [4.78, 5) is 21.2. The monoisotopic (exact) mass is 546 g/mol. The minimum atomic E-state index is -4.67. The molecule has 0 aliphatic rings. The van der Waals surface area contributed by atoms with Gasteiger partial charge in [-0.3, -0.25) is 9.11 Å². The van der Waals surface area contributed by atoms with Crippen molar-refractivity contribution < 1.29 is 58.9 Å². The molecule has 18 heteroatoms. The van der Waals surface area contributed by atoms with E-state index in [1.807, 2.05) is 0 Å². The van der Waals surface area contributed by atoms with Gasteiger partial charge in [-0.1, -0.05) is 0 Å². The Kier molecular flexibility index (Phi) is 14.0. The van der Waals surface area contributed by atoms with E-state index >= 15 is 0 Å². The van der Waals surface area contributed by atoms with Crippen LogP contribution in [0.3, 0.4) is 0 Å². The van der Waals surface area contributed by atoms with Gasteiger partial charge >= 0.3 is 22.3 Å². The second-order valence-electron chi connectivity index (χ2n) is 5.38. The molecule has 34 heavy (non-hydrogen) atoms. The third kappa shape index (κ3) is 15.0. The number of aliphatic hydroxyl groups excluding tert-OH is 1. The summed E-state index contributed by atoms with van der Waals surface area (Å²) in [7, 11) is -9.86. The Morgan fingerprint density at radius 1 is 0.706 bits per heavy atom. The molecule has 0 saturated carbocycles. The first kappa shape index (κ1) is 33.2. The summed E-state index contributed by atoms with van der Waals surface area (Å²) < 4.78 is 79.2. The maximum atomic E-state index is 11.0. The SMILES string of the molecule is CO.COC(=O)c1ccc(S(N)(=O)=O)cc1.NS(=O)(=O)c1ccc(C(=O)O)cc1.O=S(=O)(O)O. The van der Waals surface area contributed by atoms with Gasteiger partial charge in [0.2, 0.25) is 20.0 Å². The number of sulfonamides is 2. The van der Waals surface area contributed by atoms with Crippen LogP contribution in [-0.2, 0) is 35.2 Å². The summed E-state index contributed by atoms with van der Waals surface area (Å²) in [5, 5.41) is 25.2. The molecule has 0 aliphatic carbocycles. The summed E-state index contributed by atoms with van der Waals surface area (Å²) in [6.45, 7) is 0. The van der Waals surface area contributed by atoms with Crippen LogP contribution in [0.1, 0.15) is 20.7 Å². The molecule has 0 bridgehead atoms. The lowest BCUT2D eigenvalue weighted by Crippen LogP contribution is -2.12. The highest BCUT2D eigenvalue weighted by Crippen LogP contribution is 2.09. The van der Waals surface area contributed by atoms with Gasteiger partial charge in [0.25, 0.3) is 0 Å². The fourth-order valence-electron chi connectivity index (χ4n) is 1.69. The van der Waals surface area contributed by atoms with Crippen LogP contribution in [0.15, 0.2) is 58.3 Å². The number of esters is 1. The summed E-state index contributed by atoms with van der Waals surface area (Å²) >= 11 is 0. The number of rotatable bonds is 4. The van der Waals surface area contributed by atoms with Crippen LogP contribution in [0, 0.1) is 0 Å². The second-order valence-corrected chi connectivity index (χ2v) is 9.40. The predicted molar refractivity (Wildman–Crippen MR) is 116 cm³/mol. The Labute approximate surface area is 195 Å². The van der Waals surface area contributed by atoms with E-state index in [0.717, 1.165) is 19.2 Å². The van der Waals surface area contributed by atoms with E-state index < -0.39 is 42.4 Å². The second kappa shape index (κ2) is 14.3. The molecular weight excluding hydrogens is 524 g/mol. The molecule has 0 aliphatic heterocycles. The third-order valence-electron chi connectivity index (χ3n) is 3.03. The zero-order chi connectivity index (χ0) is 27.3. The normalized spacial score (nSPS) is 10.7. The molecule has 0 radical (unpaired) electrons. The van der Waals surface area contributed by atoms with Crippen molar-refractivity contribution in [1.29, 1.82) is 0 Å². The number of primary sulfonamides is 2. The van der Waals surface area contributed by atoms with Gasteiger partial charge in [-0.05, 0) is 48.5 Å². The summed E-state index contributed by atoms with van der Waals surface area (Å²) in [6, 6.07) is 9.85. The smallest absolute Gasteiger partial charge is 0.394 e. The lowest BCUT2D eigenvalue weighted by Gasteiger charge is -2.00. The van der Waals surface area contributed by atoms with Gasteiger partial charge in [0.15, 0.2) is 0 Å². The topological polar surface area (TPSA) is 279 Å². The van der Waals surface area contributed by atoms with Gasteiger partial charge in [-0.25, -0.2) is 36.7 Å². The van der Waals surface area contributed by atoms with Crippen molar-refractivity contribution in [3.8, 4) is 0 Å². The van der Waals surface area contributed by atoms with E-state index in [1.165, 1.54) is 43.5 Å². The van der Waals surface area contributed by atoms with Gasteiger partial charge in [-0.2, -0.15) is 8.42 Å². The molecule has 0 amide bonds. The van der Waals surface area contributed by atoms with Crippen LogP contribution in [0.4, 0.5) is 0 Å². The van der Waals surface area contributed by atoms with E-state index in [4.69, 9.17) is 38.0 Å². The van der Waals surface area contributed by atoms with Crippen molar-refractivity contribution in [2.45, 2.75) is 9.79 Å². The van der Waals surface area contributed by atoms with Crippen LogP contribution < -0.4 is 10.3 Å². The van der Waals surface area contributed by atoms with Gasteiger partial charge < -0.3 is 14.9 Å². The Hall–Kier alpha value is -2.97. The first-order valence-electron chi connectivity index (χ1n) is 8.08. The van der Waals surface area contributed by atoms with Crippen LogP contribution in [0.5, 0.6) is 0 Å². The zero-order valence-corrected chi connectivity index (χ0v) is 19.9. The Balaban J connectivity index is 0. The van der Waals surface area contributed by atoms with E-state index in [-0.39, 0.29) is 20.9 Å². The summed E-state index contributed by atoms with van der Waals surface area (Å²) in [6.07, 6.45) is 0. The number of nitrogens with two attached hydrogens (primary N) is 2. The highest BCUT2D eigenvalue weighted by Gasteiger charge is 2.10. The van der Waals surface area contributed by atoms with E-state index in [2.05, 4.69) is 4.74 Å². The molecule has 0 aromatic heterocycles. The lowest BCUT2D eigenvalue weighted by atomic mass is 10.2. The molecule has 0 unspecified atom stereocenters. The van der Waals surface area contributed by atoms with Gasteiger partial charge in [0.05, 0.1) is 28.0 Å². The van der Waals surface area contributed by atoms with Crippen LogP contribution >= 0.6 is 0 Å². The van der Waals surface area contributed by atoms with Crippen molar-refractivity contribution in [2.75, 3.05) is 14.2 Å². The highest BCUT2D eigenvalue weighted by atomic mass is 32.3. The molecule has 15 nitrogen and oxygen atoms in total. The largest absolute Gasteiger partial charge is 0.478 e. The predicted octanol–water partition coefficient (Wildman–Crippen LogP) is -0.891. The minimum Gasteiger partial charge on any atom is -0.478 e. The van der Waals surface area contributed by atoms with Gasteiger partial charge in [0, 0.05) is 7.11 Å². The van der Waals surface area contributed by atoms with Gasteiger partial charge in [-0.15, -0.1) is 0 Å². The molecule has 0 saturated heterocycles. The molecule has 0 fully saturated rings. The average Bonchev–Trinajstić information content (AvgIpc) is 2.73. The number of carboxylic acids is 1. The number of methoxy groups -OCH3 is 1. The quantitative estimate of drug-likeness (QED) is 0.201. The van der Waals surface area contributed by atoms with Crippen LogP contribution in [0.25, 0.3) is 0 Å². The van der Waals surface area contributed by atoms with Crippen LogP contribution in [0.2, 0.25) is 0 Å². The zero-order valence-electron chi connectivity index (χ0n) is 17.5. The van der Waals surface area contributed by atoms with Gasteiger partial charge in [0.1, 0.15) is 0 Å². The van der Waals surface area contributed by atoms with Crippen molar-refractivity contribution in [1.82, 2.24) is 0 Å². The van der Waals surface area contributed by atoms with Crippen molar-refractivity contribution in [2.24, 2.45) is 10.3 Å². The Morgan fingerprint density at radius 3 is 1.18 bits per heavy atom. The summed E-state index contributed by atoms with van der Waals surface area (Å²) in [5.74, 6) is -1.63. The number of benzene rings is 2. The van der Waals surface area contributed by atoms with E-state index in [0.29, 0.717) is 0 Å².